The zero-order valence-corrected chi connectivity index (χ0v) is 19.2. The maximum Gasteiger partial charge on any atom is 0.272 e. The van der Waals surface area contributed by atoms with Crippen LogP contribution in [0, 0.1) is 5.82 Å². The van der Waals surface area contributed by atoms with E-state index in [9.17, 15) is 9.18 Å². The SMILES string of the molecule is O=C(c1cccc(-c2cnc3ccc(N4CCCC4c4cccc(F)c4)nn23)n1)N1CCOCC1. The Morgan fingerprint density at radius 3 is 2.74 bits per heavy atom. The molecule has 4 aromatic rings. The van der Waals surface area contributed by atoms with Crippen molar-refractivity contribution in [3.63, 3.8) is 0 Å². The number of amides is 1. The average Bonchev–Trinajstić information content (AvgIpc) is 3.56. The Labute approximate surface area is 202 Å². The van der Waals surface area contributed by atoms with Gasteiger partial charge in [-0.25, -0.2) is 18.9 Å². The minimum atomic E-state index is -0.229. The summed E-state index contributed by atoms with van der Waals surface area (Å²) in [6.45, 7) is 3.05. The topological polar surface area (TPSA) is 75.9 Å². The number of nitrogens with zero attached hydrogens (tertiary/aromatic N) is 6. The number of morpholine rings is 1. The molecule has 6 rings (SSSR count). The van der Waals surface area contributed by atoms with Crippen LogP contribution in [-0.2, 0) is 4.74 Å². The lowest BCUT2D eigenvalue weighted by Crippen LogP contribution is -2.41. The first-order valence-corrected chi connectivity index (χ1v) is 11.9. The van der Waals surface area contributed by atoms with Gasteiger partial charge in [0.15, 0.2) is 5.65 Å². The van der Waals surface area contributed by atoms with E-state index in [1.165, 1.54) is 6.07 Å². The second-order valence-electron chi connectivity index (χ2n) is 8.82. The van der Waals surface area contributed by atoms with Gasteiger partial charge in [0.25, 0.3) is 5.91 Å². The molecule has 1 atom stereocenters. The Balaban J connectivity index is 1.33. The number of aromatic nitrogens is 4. The third-order valence-corrected chi connectivity index (χ3v) is 6.66. The van der Waals surface area contributed by atoms with Gasteiger partial charge in [0.2, 0.25) is 0 Å². The summed E-state index contributed by atoms with van der Waals surface area (Å²) in [4.78, 5) is 26.1. The van der Waals surface area contributed by atoms with Crippen molar-refractivity contribution in [2.24, 2.45) is 0 Å². The standard InChI is InChI=1S/C26H25FN6O2/c27-19-5-1-4-18(16-19)22-8-3-11-32(22)25-10-9-24-28-17-23(33(24)30-25)20-6-2-7-21(29-20)26(34)31-12-14-35-15-13-31/h1-2,4-7,9-10,16-17,22H,3,8,11-15H2. The Kier molecular flexibility index (Phi) is 5.61. The fourth-order valence-corrected chi connectivity index (χ4v) is 4.92. The number of benzene rings is 1. The van der Waals surface area contributed by atoms with E-state index in [1.54, 1.807) is 33.8 Å². The lowest BCUT2D eigenvalue weighted by atomic mass is 10.0. The monoisotopic (exact) mass is 472 g/mol. The van der Waals surface area contributed by atoms with E-state index in [1.807, 2.05) is 30.3 Å². The highest BCUT2D eigenvalue weighted by Gasteiger charge is 2.28. The number of hydrogen-bond acceptors (Lipinski definition) is 6. The third kappa shape index (κ3) is 4.12. The number of ether oxygens (including phenoxy) is 1. The van der Waals surface area contributed by atoms with E-state index in [0.29, 0.717) is 49.0 Å². The molecule has 1 aromatic carbocycles. The first kappa shape index (κ1) is 21.7. The van der Waals surface area contributed by atoms with Crippen LogP contribution in [0.15, 0.2) is 60.8 Å². The Morgan fingerprint density at radius 1 is 1.03 bits per heavy atom. The smallest absolute Gasteiger partial charge is 0.272 e. The molecule has 0 spiro atoms. The van der Waals surface area contributed by atoms with E-state index in [4.69, 9.17) is 9.84 Å². The largest absolute Gasteiger partial charge is 0.378 e. The van der Waals surface area contributed by atoms with Crippen LogP contribution in [0.4, 0.5) is 10.2 Å². The van der Waals surface area contributed by atoms with E-state index < -0.39 is 0 Å². The number of halogens is 1. The van der Waals surface area contributed by atoms with Crippen LogP contribution in [0.3, 0.4) is 0 Å². The first-order valence-electron chi connectivity index (χ1n) is 11.9. The van der Waals surface area contributed by atoms with Gasteiger partial charge < -0.3 is 14.5 Å². The third-order valence-electron chi connectivity index (χ3n) is 6.66. The summed E-state index contributed by atoms with van der Waals surface area (Å²) in [6, 6.07) is 16.2. The summed E-state index contributed by atoms with van der Waals surface area (Å²) in [5, 5.41) is 4.89. The molecule has 0 aliphatic carbocycles. The van der Waals surface area contributed by atoms with Crippen LogP contribution >= 0.6 is 0 Å². The number of imidazole rings is 1. The van der Waals surface area contributed by atoms with Crippen molar-refractivity contribution in [3.05, 3.63) is 77.9 Å². The first-order chi connectivity index (χ1) is 17.2. The minimum Gasteiger partial charge on any atom is -0.378 e. The fraction of sp³-hybridized carbons (Fsp3) is 0.308. The van der Waals surface area contributed by atoms with Crippen molar-refractivity contribution in [3.8, 4) is 11.4 Å². The van der Waals surface area contributed by atoms with Gasteiger partial charge >= 0.3 is 0 Å². The van der Waals surface area contributed by atoms with Crippen LogP contribution in [-0.4, -0.2) is 63.2 Å². The van der Waals surface area contributed by atoms with Gasteiger partial charge in [-0.15, -0.1) is 5.10 Å². The maximum absolute atomic E-state index is 13.9. The summed E-state index contributed by atoms with van der Waals surface area (Å²) in [6.07, 6.45) is 3.67. The molecule has 0 saturated carbocycles. The molecule has 178 valence electrons. The molecule has 8 nitrogen and oxygen atoms in total. The summed E-state index contributed by atoms with van der Waals surface area (Å²) in [7, 11) is 0. The number of hydrogen-bond donors (Lipinski definition) is 0. The predicted molar refractivity (Wildman–Crippen MR) is 129 cm³/mol. The van der Waals surface area contributed by atoms with Gasteiger partial charge in [-0.3, -0.25) is 4.79 Å². The fourth-order valence-electron chi connectivity index (χ4n) is 4.92. The molecule has 0 N–H and O–H groups in total. The van der Waals surface area contributed by atoms with Crippen molar-refractivity contribution in [2.75, 3.05) is 37.7 Å². The van der Waals surface area contributed by atoms with Gasteiger partial charge in [-0.2, -0.15) is 0 Å². The lowest BCUT2D eigenvalue weighted by Gasteiger charge is -2.26. The minimum absolute atomic E-state index is 0.0650. The Morgan fingerprint density at radius 2 is 1.89 bits per heavy atom. The molecule has 0 radical (unpaired) electrons. The molecule has 35 heavy (non-hydrogen) atoms. The molecule has 5 heterocycles. The normalized spacial score (nSPS) is 18.4. The lowest BCUT2D eigenvalue weighted by molar-refractivity contribution is 0.0299. The number of carbonyl (C=O) groups excluding carboxylic acids is 1. The summed E-state index contributed by atoms with van der Waals surface area (Å²) in [5.74, 6) is 0.462. The van der Waals surface area contributed by atoms with E-state index in [0.717, 1.165) is 30.8 Å². The van der Waals surface area contributed by atoms with Crippen molar-refractivity contribution >= 4 is 17.4 Å². The molecule has 9 heteroatoms. The molecule has 2 saturated heterocycles. The van der Waals surface area contributed by atoms with Crippen molar-refractivity contribution in [1.29, 1.82) is 0 Å². The van der Waals surface area contributed by atoms with Crippen LogP contribution in [0.5, 0.6) is 0 Å². The van der Waals surface area contributed by atoms with Crippen LogP contribution < -0.4 is 4.90 Å². The number of anilines is 1. The van der Waals surface area contributed by atoms with Gasteiger partial charge in [-0.1, -0.05) is 18.2 Å². The van der Waals surface area contributed by atoms with Crippen molar-refractivity contribution in [1.82, 2.24) is 24.5 Å². The van der Waals surface area contributed by atoms with Gasteiger partial charge in [0.1, 0.15) is 23.0 Å². The van der Waals surface area contributed by atoms with Gasteiger partial charge in [-0.05, 0) is 54.8 Å². The average molecular weight is 473 g/mol. The second kappa shape index (κ2) is 9.07. The molecular weight excluding hydrogens is 447 g/mol. The van der Waals surface area contributed by atoms with Crippen molar-refractivity contribution in [2.45, 2.75) is 18.9 Å². The molecule has 1 amide bonds. The van der Waals surface area contributed by atoms with Crippen molar-refractivity contribution < 1.29 is 13.9 Å². The zero-order valence-electron chi connectivity index (χ0n) is 19.2. The van der Waals surface area contributed by atoms with Crippen LogP contribution in [0.1, 0.15) is 34.9 Å². The number of pyridine rings is 1. The van der Waals surface area contributed by atoms with Crippen LogP contribution in [0.25, 0.3) is 17.0 Å². The predicted octanol–water partition coefficient (Wildman–Crippen LogP) is 3.74. The second-order valence-corrected chi connectivity index (χ2v) is 8.82. The molecule has 2 aliphatic rings. The van der Waals surface area contributed by atoms with E-state index in [2.05, 4.69) is 14.9 Å². The summed E-state index contributed by atoms with van der Waals surface area (Å²) in [5.41, 5.74) is 3.37. The highest BCUT2D eigenvalue weighted by atomic mass is 19.1. The number of rotatable bonds is 4. The van der Waals surface area contributed by atoms with E-state index >= 15 is 0 Å². The van der Waals surface area contributed by atoms with Gasteiger partial charge in [0, 0.05) is 19.6 Å². The molecule has 3 aromatic heterocycles. The van der Waals surface area contributed by atoms with Gasteiger partial charge in [0.05, 0.1) is 31.1 Å². The summed E-state index contributed by atoms with van der Waals surface area (Å²) < 4.78 is 21.0. The quantitative estimate of drug-likeness (QED) is 0.450. The molecule has 1 unspecified atom stereocenters. The van der Waals surface area contributed by atoms with Crippen LogP contribution in [0.2, 0.25) is 0 Å². The molecular formula is C26H25FN6O2. The maximum atomic E-state index is 13.9. The molecule has 2 aliphatic heterocycles. The highest BCUT2D eigenvalue weighted by molar-refractivity contribution is 5.92. The molecule has 2 fully saturated rings. The zero-order chi connectivity index (χ0) is 23.8. The number of fused-ring (bicyclic) bond motifs is 1. The molecule has 0 bridgehead atoms. The summed E-state index contributed by atoms with van der Waals surface area (Å²) >= 11 is 0. The Hall–Kier alpha value is -3.85. The highest BCUT2D eigenvalue weighted by Crippen LogP contribution is 2.35. The Bertz CT molecular complexity index is 1380. The van der Waals surface area contributed by atoms with E-state index in [-0.39, 0.29) is 17.8 Å². The number of carbonyl (C=O) groups is 1.